The fraction of sp³-hybridized carbons (Fsp3) is 0.0952. The van der Waals surface area contributed by atoms with E-state index >= 15 is 0 Å². The summed E-state index contributed by atoms with van der Waals surface area (Å²) in [6.07, 6.45) is 0. The summed E-state index contributed by atoms with van der Waals surface area (Å²) in [4.78, 5) is 12.5. The van der Waals surface area contributed by atoms with Crippen molar-refractivity contribution in [2.24, 2.45) is 10.2 Å². The van der Waals surface area contributed by atoms with Gasteiger partial charge in [0.05, 0.1) is 24.0 Å². The third kappa shape index (κ3) is 4.33. The molecule has 3 aromatic carbocycles. The predicted molar refractivity (Wildman–Crippen MR) is 103 cm³/mol. The molecule has 130 valence electrons. The number of para-hydroxylation sites is 1. The van der Waals surface area contributed by atoms with Gasteiger partial charge in [-0.2, -0.15) is 10.2 Å². The van der Waals surface area contributed by atoms with Gasteiger partial charge >= 0.3 is 0 Å². The number of methoxy groups -OCH3 is 1. The molecule has 0 spiro atoms. The first-order chi connectivity index (χ1) is 12.7. The lowest BCUT2D eigenvalue weighted by molar-refractivity contribution is 0.102. The summed E-state index contributed by atoms with van der Waals surface area (Å²) in [5.41, 5.74) is 3.68. The van der Waals surface area contributed by atoms with E-state index in [1.54, 1.807) is 37.4 Å². The minimum atomic E-state index is -0.241. The zero-order chi connectivity index (χ0) is 18.4. The molecule has 0 fully saturated rings. The average molecular weight is 345 g/mol. The Kier molecular flexibility index (Phi) is 5.39. The van der Waals surface area contributed by atoms with Gasteiger partial charge in [0.2, 0.25) is 0 Å². The molecule has 0 bridgehead atoms. The summed E-state index contributed by atoms with van der Waals surface area (Å²) >= 11 is 0. The van der Waals surface area contributed by atoms with Gasteiger partial charge in [0.25, 0.3) is 5.91 Å². The summed E-state index contributed by atoms with van der Waals surface area (Å²) in [6, 6.07) is 22.1. The van der Waals surface area contributed by atoms with Crippen molar-refractivity contribution in [1.82, 2.24) is 0 Å². The van der Waals surface area contributed by atoms with Gasteiger partial charge in [-0.15, -0.1) is 0 Å². The Morgan fingerprint density at radius 1 is 0.885 bits per heavy atom. The van der Waals surface area contributed by atoms with Gasteiger partial charge in [0.1, 0.15) is 5.75 Å². The van der Waals surface area contributed by atoms with Crippen molar-refractivity contribution in [2.45, 2.75) is 6.92 Å². The second kappa shape index (κ2) is 8.07. The minimum Gasteiger partial charge on any atom is -0.496 e. The number of hydrogen-bond donors (Lipinski definition) is 1. The van der Waals surface area contributed by atoms with E-state index in [9.17, 15) is 4.79 Å². The monoisotopic (exact) mass is 345 g/mol. The molecular formula is C21H19N3O2. The average Bonchev–Trinajstić information content (AvgIpc) is 2.66. The number of nitrogens with zero attached hydrogens (tertiary/aromatic N) is 2. The number of carbonyl (C=O) groups excluding carboxylic acids is 1. The highest BCUT2D eigenvalue weighted by atomic mass is 16.5. The summed E-state index contributed by atoms with van der Waals surface area (Å²) in [6.45, 7) is 2.01. The van der Waals surface area contributed by atoms with Gasteiger partial charge in [-0.1, -0.05) is 30.3 Å². The van der Waals surface area contributed by atoms with Gasteiger partial charge in [-0.25, -0.2) is 0 Å². The molecular weight excluding hydrogens is 326 g/mol. The van der Waals surface area contributed by atoms with Gasteiger partial charge < -0.3 is 10.1 Å². The standard InChI is InChI=1S/C21H19N3O2/c1-15-7-5-9-17(13-15)23-24-18-10-6-8-16(14-18)22-21(25)19-11-3-4-12-20(19)26-2/h3-14H,1-2H3,(H,22,25). The second-order valence-electron chi connectivity index (χ2n) is 5.74. The molecule has 5 heteroatoms. The molecule has 0 aliphatic rings. The van der Waals surface area contributed by atoms with Crippen molar-refractivity contribution in [2.75, 3.05) is 12.4 Å². The van der Waals surface area contributed by atoms with Crippen molar-refractivity contribution < 1.29 is 9.53 Å². The molecule has 0 heterocycles. The zero-order valence-electron chi connectivity index (χ0n) is 14.6. The van der Waals surface area contributed by atoms with Crippen LogP contribution in [0.3, 0.4) is 0 Å². The molecule has 1 N–H and O–H groups in total. The van der Waals surface area contributed by atoms with E-state index < -0.39 is 0 Å². The Balaban J connectivity index is 1.76. The molecule has 0 radical (unpaired) electrons. The molecule has 3 aromatic rings. The van der Waals surface area contributed by atoms with Crippen molar-refractivity contribution in [3.63, 3.8) is 0 Å². The van der Waals surface area contributed by atoms with Crippen LogP contribution in [0.15, 0.2) is 83.0 Å². The fourth-order valence-corrected chi connectivity index (χ4v) is 2.48. The van der Waals surface area contributed by atoms with Crippen LogP contribution in [-0.2, 0) is 0 Å². The number of benzene rings is 3. The molecule has 0 unspecified atom stereocenters. The molecule has 0 aliphatic heterocycles. The van der Waals surface area contributed by atoms with E-state index in [2.05, 4.69) is 15.5 Å². The van der Waals surface area contributed by atoms with E-state index in [-0.39, 0.29) is 5.91 Å². The van der Waals surface area contributed by atoms with Crippen molar-refractivity contribution >= 4 is 23.0 Å². The maximum atomic E-state index is 12.5. The molecule has 0 saturated carbocycles. The molecule has 1 amide bonds. The molecule has 26 heavy (non-hydrogen) atoms. The molecule has 0 saturated heterocycles. The number of ether oxygens (including phenoxy) is 1. The number of rotatable bonds is 5. The Morgan fingerprint density at radius 3 is 2.31 bits per heavy atom. The first kappa shape index (κ1) is 17.4. The van der Waals surface area contributed by atoms with E-state index in [4.69, 9.17) is 4.74 Å². The maximum absolute atomic E-state index is 12.5. The summed E-state index contributed by atoms with van der Waals surface area (Å²) in [5.74, 6) is 0.288. The number of nitrogens with one attached hydrogen (secondary N) is 1. The number of amides is 1. The summed E-state index contributed by atoms with van der Waals surface area (Å²) in [5, 5.41) is 11.3. The Bertz CT molecular complexity index is 951. The quantitative estimate of drug-likeness (QED) is 0.605. The van der Waals surface area contributed by atoms with Crippen LogP contribution >= 0.6 is 0 Å². The van der Waals surface area contributed by atoms with Crippen LogP contribution in [0.2, 0.25) is 0 Å². The van der Waals surface area contributed by atoms with Crippen LogP contribution in [0.4, 0.5) is 17.1 Å². The lowest BCUT2D eigenvalue weighted by Crippen LogP contribution is -2.12. The van der Waals surface area contributed by atoms with E-state index in [1.807, 2.05) is 49.4 Å². The van der Waals surface area contributed by atoms with Crippen molar-refractivity contribution in [3.8, 4) is 5.75 Å². The molecule has 0 atom stereocenters. The smallest absolute Gasteiger partial charge is 0.259 e. The first-order valence-electron chi connectivity index (χ1n) is 8.18. The zero-order valence-corrected chi connectivity index (χ0v) is 14.6. The molecule has 5 nitrogen and oxygen atoms in total. The van der Waals surface area contributed by atoms with E-state index in [0.29, 0.717) is 22.7 Å². The maximum Gasteiger partial charge on any atom is 0.259 e. The first-order valence-corrected chi connectivity index (χ1v) is 8.18. The van der Waals surface area contributed by atoms with Crippen LogP contribution in [-0.4, -0.2) is 13.0 Å². The molecule has 3 rings (SSSR count). The van der Waals surface area contributed by atoms with Gasteiger partial charge in [0, 0.05) is 5.69 Å². The SMILES string of the molecule is COc1ccccc1C(=O)Nc1cccc(N=Nc2cccc(C)c2)c1. The summed E-state index contributed by atoms with van der Waals surface area (Å²) in [7, 11) is 1.54. The van der Waals surface area contributed by atoms with Crippen LogP contribution < -0.4 is 10.1 Å². The topological polar surface area (TPSA) is 63.0 Å². The number of anilines is 1. The largest absolute Gasteiger partial charge is 0.496 e. The Hall–Kier alpha value is -3.47. The highest BCUT2D eigenvalue weighted by Gasteiger charge is 2.11. The Morgan fingerprint density at radius 2 is 1.58 bits per heavy atom. The molecule has 0 aromatic heterocycles. The number of hydrogen-bond acceptors (Lipinski definition) is 4. The van der Waals surface area contributed by atoms with E-state index in [0.717, 1.165) is 11.3 Å². The van der Waals surface area contributed by atoms with Crippen LogP contribution in [0, 0.1) is 6.92 Å². The number of carbonyl (C=O) groups is 1. The normalized spacial score (nSPS) is 10.7. The predicted octanol–water partition coefficient (Wildman–Crippen LogP) is 5.67. The highest BCUT2D eigenvalue weighted by Crippen LogP contribution is 2.23. The number of azo groups is 1. The second-order valence-corrected chi connectivity index (χ2v) is 5.74. The minimum absolute atomic E-state index is 0.241. The third-order valence-corrected chi connectivity index (χ3v) is 3.74. The van der Waals surface area contributed by atoms with Gasteiger partial charge in [-0.05, 0) is 55.0 Å². The van der Waals surface area contributed by atoms with Crippen molar-refractivity contribution in [1.29, 1.82) is 0 Å². The lowest BCUT2D eigenvalue weighted by atomic mass is 10.2. The van der Waals surface area contributed by atoms with Crippen LogP contribution in [0.25, 0.3) is 0 Å². The third-order valence-electron chi connectivity index (χ3n) is 3.74. The fourth-order valence-electron chi connectivity index (χ4n) is 2.48. The van der Waals surface area contributed by atoms with Crippen LogP contribution in [0.1, 0.15) is 15.9 Å². The van der Waals surface area contributed by atoms with Crippen LogP contribution in [0.5, 0.6) is 5.75 Å². The Labute approximate surface area is 152 Å². The lowest BCUT2D eigenvalue weighted by Gasteiger charge is -2.09. The highest BCUT2D eigenvalue weighted by molar-refractivity contribution is 6.06. The van der Waals surface area contributed by atoms with Crippen molar-refractivity contribution in [3.05, 3.63) is 83.9 Å². The number of aryl methyl sites for hydroxylation is 1. The molecule has 0 aliphatic carbocycles. The van der Waals surface area contributed by atoms with Gasteiger partial charge in [-0.3, -0.25) is 4.79 Å². The van der Waals surface area contributed by atoms with E-state index in [1.165, 1.54) is 0 Å². The van der Waals surface area contributed by atoms with Gasteiger partial charge in [0.15, 0.2) is 0 Å². The summed E-state index contributed by atoms with van der Waals surface area (Å²) < 4.78 is 5.23.